The molecule has 1 amide bonds. The second kappa shape index (κ2) is 4.64. The van der Waals surface area contributed by atoms with Crippen LogP contribution in [0, 0.1) is 5.92 Å². The largest absolute Gasteiger partial charge is 0.338 e. The summed E-state index contributed by atoms with van der Waals surface area (Å²) in [6, 6.07) is 0. The standard InChI is InChI=1S/C11H16INO/c12-10-5-7-13(8-6-10)11(14)9-3-1-2-4-9/h5,9H,1-4,6-8H2. The summed E-state index contributed by atoms with van der Waals surface area (Å²) in [5.41, 5.74) is 0. The maximum absolute atomic E-state index is 12.0. The molecule has 0 radical (unpaired) electrons. The Morgan fingerprint density at radius 1 is 1.43 bits per heavy atom. The third-order valence-electron chi connectivity index (χ3n) is 3.17. The van der Waals surface area contributed by atoms with E-state index in [0.29, 0.717) is 11.8 Å². The molecule has 0 spiro atoms. The van der Waals surface area contributed by atoms with Crippen LogP contribution in [0.4, 0.5) is 0 Å². The Bertz CT molecular complexity index is 256. The van der Waals surface area contributed by atoms with Gasteiger partial charge in [0.2, 0.25) is 5.91 Å². The molecule has 0 bridgehead atoms. The summed E-state index contributed by atoms with van der Waals surface area (Å²) >= 11 is 2.36. The molecule has 2 nitrogen and oxygen atoms in total. The van der Waals surface area contributed by atoms with E-state index in [1.807, 2.05) is 4.90 Å². The number of hydrogen-bond donors (Lipinski definition) is 0. The second-order valence-electron chi connectivity index (χ2n) is 4.17. The van der Waals surface area contributed by atoms with E-state index < -0.39 is 0 Å². The Hall–Kier alpha value is -0.0600. The fourth-order valence-corrected chi connectivity index (χ4v) is 2.71. The summed E-state index contributed by atoms with van der Waals surface area (Å²) in [5.74, 6) is 0.752. The molecular weight excluding hydrogens is 289 g/mol. The Morgan fingerprint density at radius 2 is 2.14 bits per heavy atom. The van der Waals surface area contributed by atoms with Crippen molar-refractivity contribution in [3.8, 4) is 0 Å². The van der Waals surface area contributed by atoms with E-state index in [1.54, 1.807) is 0 Å². The molecule has 1 saturated carbocycles. The topological polar surface area (TPSA) is 20.3 Å². The van der Waals surface area contributed by atoms with Crippen LogP contribution in [0.5, 0.6) is 0 Å². The lowest BCUT2D eigenvalue weighted by atomic mass is 10.1. The Labute approximate surface area is 98.9 Å². The zero-order valence-corrected chi connectivity index (χ0v) is 10.5. The molecule has 0 aromatic heterocycles. The van der Waals surface area contributed by atoms with E-state index in [-0.39, 0.29) is 0 Å². The minimum Gasteiger partial charge on any atom is -0.338 e. The summed E-state index contributed by atoms with van der Waals surface area (Å²) in [7, 11) is 0. The minimum atomic E-state index is 0.346. The third kappa shape index (κ3) is 2.30. The summed E-state index contributed by atoms with van der Waals surface area (Å²) in [5, 5.41) is 0. The molecule has 3 heteroatoms. The number of carbonyl (C=O) groups excluding carboxylic acids is 1. The Morgan fingerprint density at radius 3 is 2.71 bits per heavy atom. The molecule has 0 unspecified atom stereocenters. The molecule has 2 aliphatic rings. The first-order chi connectivity index (χ1) is 6.77. The Balaban J connectivity index is 1.92. The van der Waals surface area contributed by atoms with Crippen LogP contribution in [0.3, 0.4) is 0 Å². The molecule has 0 N–H and O–H groups in total. The second-order valence-corrected chi connectivity index (χ2v) is 5.55. The molecule has 1 fully saturated rings. The van der Waals surface area contributed by atoms with Crippen molar-refractivity contribution in [1.82, 2.24) is 4.90 Å². The number of carbonyl (C=O) groups is 1. The predicted molar refractivity (Wildman–Crippen MR) is 65.3 cm³/mol. The van der Waals surface area contributed by atoms with E-state index in [1.165, 1.54) is 16.4 Å². The van der Waals surface area contributed by atoms with E-state index in [9.17, 15) is 4.79 Å². The monoisotopic (exact) mass is 305 g/mol. The van der Waals surface area contributed by atoms with Gasteiger partial charge in [0, 0.05) is 19.0 Å². The van der Waals surface area contributed by atoms with Gasteiger partial charge in [0.15, 0.2) is 0 Å². The number of amides is 1. The SMILES string of the molecule is O=C(C1CCCC1)N1CC=C(I)CC1. The fourth-order valence-electron chi connectivity index (χ4n) is 2.28. The molecule has 2 rings (SSSR count). The Kier molecular flexibility index (Phi) is 3.47. The average molecular weight is 305 g/mol. The van der Waals surface area contributed by atoms with Crippen LogP contribution in [0.1, 0.15) is 32.1 Å². The van der Waals surface area contributed by atoms with Crippen LogP contribution in [-0.2, 0) is 4.79 Å². The van der Waals surface area contributed by atoms with Crippen molar-refractivity contribution in [2.75, 3.05) is 13.1 Å². The van der Waals surface area contributed by atoms with Gasteiger partial charge in [0.05, 0.1) is 0 Å². The smallest absolute Gasteiger partial charge is 0.225 e. The number of rotatable bonds is 1. The van der Waals surface area contributed by atoms with E-state index in [4.69, 9.17) is 0 Å². The lowest BCUT2D eigenvalue weighted by Crippen LogP contribution is -2.37. The van der Waals surface area contributed by atoms with E-state index in [0.717, 1.165) is 32.4 Å². The summed E-state index contributed by atoms with van der Waals surface area (Å²) in [6.07, 6.45) is 7.97. The van der Waals surface area contributed by atoms with Gasteiger partial charge in [-0.25, -0.2) is 0 Å². The van der Waals surface area contributed by atoms with Crippen LogP contribution in [0.25, 0.3) is 0 Å². The van der Waals surface area contributed by atoms with Crippen molar-refractivity contribution in [1.29, 1.82) is 0 Å². The summed E-state index contributed by atoms with van der Waals surface area (Å²) in [6.45, 7) is 1.78. The third-order valence-corrected chi connectivity index (χ3v) is 4.15. The molecule has 0 aromatic rings. The van der Waals surface area contributed by atoms with Gasteiger partial charge in [-0.15, -0.1) is 0 Å². The zero-order chi connectivity index (χ0) is 9.97. The highest BCUT2D eigenvalue weighted by atomic mass is 127. The van der Waals surface area contributed by atoms with Gasteiger partial charge in [0.25, 0.3) is 0 Å². The van der Waals surface area contributed by atoms with Crippen molar-refractivity contribution in [2.45, 2.75) is 32.1 Å². The maximum atomic E-state index is 12.0. The molecule has 0 saturated heterocycles. The van der Waals surface area contributed by atoms with Crippen molar-refractivity contribution < 1.29 is 4.79 Å². The molecule has 0 atom stereocenters. The molecular formula is C11H16INO. The van der Waals surface area contributed by atoms with Gasteiger partial charge < -0.3 is 4.90 Å². The first kappa shape index (κ1) is 10.5. The molecule has 1 aliphatic carbocycles. The van der Waals surface area contributed by atoms with Gasteiger partial charge in [-0.1, -0.05) is 18.9 Å². The highest BCUT2D eigenvalue weighted by molar-refractivity contribution is 14.1. The summed E-state index contributed by atoms with van der Waals surface area (Å²) in [4.78, 5) is 14.0. The van der Waals surface area contributed by atoms with Crippen LogP contribution < -0.4 is 0 Å². The molecule has 78 valence electrons. The van der Waals surface area contributed by atoms with Crippen LogP contribution in [-0.4, -0.2) is 23.9 Å². The van der Waals surface area contributed by atoms with Crippen molar-refractivity contribution in [3.05, 3.63) is 9.66 Å². The van der Waals surface area contributed by atoms with Gasteiger partial charge in [-0.3, -0.25) is 4.79 Å². The molecule has 14 heavy (non-hydrogen) atoms. The van der Waals surface area contributed by atoms with Gasteiger partial charge in [-0.2, -0.15) is 0 Å². The highest BCUT2D eigenvalue weighted by Gasteiger charge is 2.27. The van der Waals surface area contributed by atoms with Crippen molar-refractivity contribution >= 4 is 28.5 Å². The zero-order valence-electron chi connectivity index (χ0n) is 8.34. The number of hydrogen-bond acceptors (Lipinski definition) is 1. The predicted octanol–water partition coefficient (Wildman–Crippen LogP) is 2.73. The molecule has 1 heterocycles. The van der Waals surface area contributed by atoms with Gasteiger partial charge >= 0.3 is 0 Å². The van der Waals surface area contributed by atoms with Crippen molar-refractivity contribution in [2.24, 2.45) is 5.92 Å². The molecule has 0 aromatic carbocycles. The minimum absolute atomic E-state index is 0.346. The first-order valence-electron chi connectivity index (χ1n) is 5.40. The van der Waals surface area contributed by atoms with Crippen LogP contribution in [0.15, 0.2) is 9.66 Å². The van der Waals surface area contributed by atoms with E-state index in [2.05, 4.69) is 28.7 Å². The lowest BCUT2D eigenvalue weighted by Gasteiger charge is -2.27. The van der Waals surface area contributed by atoms with Crippen molar-refractivity contribution in [3.63, 3.8) is 0 Å². The van der Waals surface area contributed by atoms with Crippen LogP contribution in [0.2, 0.25) is 0 Å². The average Bonchev–Trinajstić information content (AvgIpc) is 2.71. The maximum Gasteiger partial charge on any atom is 0.225 e. The normalized spacial score (nSPS) is 23.8. The molecule has 1 aliphatic heterocycles. The van der Waals surface area contributed by atoms with Gasteiger partial charge in [-0.05, 0) is 45.4 Å². The van der Waals surface area contributed by atoms with Crippen LogP contribution >= 0.6 is 22.6 Å². The summed E-state index contributed by atoms with van der Waals surface area (Å²) < 4.78 is 1.40. The lowest BCUT2D eigenvalue weighted by molar-refractivity contribution is -0.134. The number of halogens is 1. The quantitative estimate of drug-likeness (QED) is 0.682. The van der Waals surface area contributed by atoms with Gasteiger partial charge in [0.1, 0.15) is 0 Å². The van der Waals surface area contributed by atoms with E-state index >= 15 is 0 Å². The fraction of sp³-hybridized carbons (Fsp3) is 0.727. The first-order valence-corrected chi connectivity index (χ1v) is 6.48. The number of nitrogens with zero attached hydrogens (tertiary/aromatic N) is 1. The highest BCUT2D eigenvalue weighted by Crippen LogP contribution is 2.28.